The van der Waals surface area contributed by atoms with Gasteiger partial charge in [-0.15, -0.1) is 10.2 Å². The molecule has 0 aliphatic carbocycles. The number of carbonyl (C=O) groups excluding carboxylic acids is 1. The molecule has 3 heterocycles. The van der Waals surface area contributed by atoms with Crippen molar-refractivity contribution in [1.29, 1.82) is 0 Å². The van der Waals surface area contributed by atoms with Crippen LogP contribution in [0.25, 0.3) is 11.4 Å². The van der Waals surface area contributed by atoms with Crippen LogP contribution in [-0.2, 0) is 16.1 Å². The average molecular weight is 474 g/mol. The summed E-state index contributed by atoms with van der Waals surface area (Å²) >= 11 is 7.21. The van der Waals surface area contributed by atoms with Crippen LogP contribution in [-0.4, -0.2) is 50.7 Å². The van der Waals surface area contributed by atoms with Crippen LogP contribution in [0.2, 0.25) is 5.02 Å². The summed E-state index contributed by atoms with van der Waals surface area (Å²) in [6.45, 7) is 3.22. The SMILES string of the molecule is COc1ccc(-c2nnc(SC(C)C(=O)Nc3ccc(Cl)cn3)n2CC2CCCO2)cc1. The van der Waals surface area contributed by atoms with Crippen LogP contribution in [0, 0.1) is 0 Å². The molecule has 8 nitrogen and oxygen atoms in total. The minimum Gasteiger partial charge on any atom is -0.497 e. The maximum Gasteiger partial charge on any atom is 0.238 e. The number of nitrogens with one attached hydrogen (secondary N) is 1. The fourth-order valence-corrected chi connectivity index (χ4v) is 4.35. The van der Waals surface area contributed by atoms with Crippen molar-refractivity contribution in [3.05, 3.63) is 47.6 Å². The lowest BCUT2D eigenvalue weighted by molar-refractivity contribution is -0.115. The maximum absolute atomic E-state index is 12.7. The first kappa shape index (κ1) is 22.6. The van der Waals surface area contributed by atoms with E-state index in [2.05, 4.69) is 20.5 Å². The van der Waals surface area contributed by atoms with E-state index in [1.807, 2.05) is 35.8 Å². The van der Waals surface area contributed by atoms with E-state index in [0.29, 0.717) is 22.5 Å². The molecule has 1 aromatic carbocycles. The molecule has 1 fully saturated rings. The number of aromatic nitrogens is 4. The molecular weight excluding hydrogens is 450 g/mol. The summed E-state index contributed by atoms with van der Waals surface area (Å²) in [5.41, 5.74) is 0.922. The number of methoxy groups -OCH3 is 1. The zero-order valence-electron chi connectivity index (χ0n) is 17.8. The molecule has 0 spiro atoms. The molecule has 0 radical (unpaired) electrons. The first-order valence-electron chi connectivity index (χ1n) is 10.3. The van der Waals surface area contributed by atoms with Crippen molar-refractivity contribution in [2.45, 2.75) is 42.8 Å². The third-order valence-corrected chi connectivity index (χ3v) is 6.41. The molecule has 1 N–H and O–H groups in total. The largest absolute Gasteiger partial charge is 0.497 e. The van der Waals surface area contributed by atoms with E-state index in [1.165, 1.54) is 18.0 Å². The molecule has 1 saturated heterocycles. The monoisotopic (exact) mass is 473 g/mol. The van der Waals surface area contributed by atoms with E-state index >= 15 is 0 Å². The zero-order valence-corrected chi connectivity index (χ0v) is 19.4. The van der Waals surface area contributed by atoms with E-state index in [4.69, 9.17) is 21.1 Å². The molecule has 0 bridgehead atoms. The van der Waals surface area contributed by atoms with Crippen LogP contribution >= 0.6 is 23.4 Å². The second-order valence-electron chi connectivity index (χ2n) is 7.39. The molecule has 32 heavy (non-hydrogen) atoms. The van der Waals surface area contributed by atoms with Crippen LogP contribution in [0.4, 0.5) is 5.82 Å². The van der Waals surface area contributed by atoms with Crippen LogP contribution in [0.15, 0.2) is 47.8 Å². The van der Waals surface area contributed by atoms with Crippen LogP contribution in [0.1, 0.15) is 19.8 Å². The van der Waals surface area contributed by atoms with Gasteiger partial charge in [0.25, 0.3) is 0 Å². The highest BCUT2D eigenvalue weighted by atomic mass is 35.5. The molecule has 168 valence electrons. The minimum absolute atomic E-state index is 0.102. The van der Waals surface area contributed by atoms with Gasteiger partial charge in [-0.3, -0.25) is 9.36 Å². The van der Waals surface area contributed by atoms with Crippen molar-refractivity contribution < 1.29 is 14.3 Å². The first-order valence-corrected chi connectivity index (χ1v) is 11.6. The number of carbonyl (C=O) groups is 1. The molecule has 2 atom stereocenters. The Kier molecular flexibility index (Phi) is 7.29. The van der Waals surface area contributed by atoms with E-state index in [-0.39, 0.29) is 12.0 Å². The lowest BCUT2D eigenvalue weighted by Gasteiger charge is -2.16. The van der Waals surface area contributed by atoms with Gasteiger partial charge in [0.2, 0.25) is 5.91 Å². The van der Waals surface area contributed by atoms with E-state index < -0.39 is 5.25 Å². The van der Waals surface area contributed by atoms with Gasteiger partial charge in [-0.1, -0.05) is 23.4 Å². The number of pyridine rings is 1. The van der Waals surface area contributed by atoms with Gasteiger partial charge in [0.1, 0.15) is 11.6 Å². The summed E-state index contributed by atoms with van der Waals surface area (Å²) in [6.07, 6.45) is 3.63. The number of hydrogen-bond acceptors (Lipinski definition) is 7. The summed E-state index contributed by atoms with van der Waals surface area (Å²) in [6, 6.07) is 11.0. The number of thioether (sulfide) groups is 1. The van der Waals surface area contributed by atoms with Crippen molar-refractivity contribution in [3.8, 4) is 17.1 Å². The highest BCUT2D eigenvalue weighted by Crippen LogP contribution is 2.30. The Morgan fingerprint density at radius 1 is 1.31 bits per heavy atom. The lowest BCUT2D eigenvalue weighted by atomic mass is 10.2. The Hall–Kier alpha value is -2.62. The lowest BCUT2D eigenvalue weighted by Crippen LogP contribution is -2.24. The number of amides is 1. The summed E-state index contributed by atoms with van der Waals surface area (Å²) < 4.78 is 13.1. The van der Waals surface area contributed by atoms with Gasteiger partial charge < -0.3 is 14.8 Å². The smallest absolute Gasteiger partial charge is 0.238 e. The van der Waals surface area contributed by atoms with Gasteiger partial charge in [0.15, 0.2) is 11.0 Å². The molecule has 0 saturated carbocycles. The number of anilines is 1. The summed E-state index contributed by atoms with van der Waals surface area (Å²) in [5, 5.41) is 12.4. The second-order valence-corrected chi connectivity index (χ2v) is 9.14. The van der Waals surface area contributed by atoms with Gasteiger partial charge in [-0.2, -0.15) is 0 Å². The number of ether oxygens (including phenoxy) is 2. The van der Waals surface area contributed by atoms with Gasteiger partial charge in [0.05, 0.1) is 30.0 Å². The molecule has 2 unspecified atom stereocenters. The topological polar surface area (TPSA) is 91.2 Å². The van der Waals surface area contributed by atoms with Crippen molar-refractivity contribution in [3.63, 3.8) is 0 Å². The number of nitrogens with zero attached hydrogens (tertiary/aromatic N) is 4. The highest BCUT2D eigenvalue weighted by molar-refractivity contribution is 8.00. The number of rotatable bonds is 8. The summed E-state index contributed by atoms with van der Waals surface area (Å²) in [5.74, 6) is 1.78. The van der Waals surface area contributed by atoms with Gasteiger partial charge in [-0.25, -0.2) is 4.98 Å². The average Bonchev–Trinajstić information content (AvgIpc) is 3.46. The van der Waals surface area contributed by atoms with Crippen LogP contribution in [0.5, 0.6) is 5.75 Å². The van der Waals surface area contributed by atoms with Crippen molar-refractivity contribution in [2.75, 3.05) is 19.0 Å². The quantitative estimate of drug-likeness (QED) is 0.487. The Bertz CT molecular complexity index is 1050. The number of hydrogen-bond donors (Lipinski definition) is 1. The molecule has 1 aliphatic rings. The van der Waals surface area contributed by atoms with Crippen LogP contribution in [0.3, 0.4) is 0 Å². The van der Waals surface area contributed by atoms with E-state index in [9.17, 15) is 4.79 Å². The maximum atomic E-state index is 12.7. The Morgan fingerprint density at radius 3 is 2.78 bits per heavy atom. The fraction of sp³-hybridized carbons (Fsp3) is 0.364. The van der Waals surface area contributed by atoms with Crippen molar-refractivity contribution >= 4 is 35.1 Å². The highest BCUT2D eigenvalue weighted by Gasteiger charge is 2.25. The first-order chi connectivity index (χ1) is 15.5. The number of halogens is 1. The molecule has 4 rings (SSSR count). The second kappa shape index (κ2) is 10.3. The molecule has 1 amide bonds. The Morgan fingerprint density at radius 2 is 2.12 bits per heavy atom. The Balaban J connectivity index is 1.54. The van der Waals surface area contributed by atoms with Crippen molar-refractivity contribution in [2.24, 2.45) is 0 Å². The predicted octanol–water partition coefficient (Wildman–Crippen LogP) is 4.30. The zero-order chi connectivity index (χ0) is 22.5. The molecule has 3 aromatic rings. The third-order valence-electron chi connectivity index (χ3n) is 5.11. The van der Waals surface area contributed by atoms with Crippen molar-refractivity contribution in [1.82, 2.24) is 19.7 Å². The van der Waals surface area contributed by atoms with E-state index in [0.717, 1.165) is 36.6 Å². The number of benzene rings is 1. The molecular formula is C22H24ClN5O3S. The van der Waals surface area contributed by atoms with E-state index in [1.54, 1.807) is 19.2 Å². The summed E-state index contributed by atoms with van der Waals surface area (Å²) in [4.78, 5) is 16.8. The molecule has 2 aromatic heterocycles. The fourth-order valence-electron chi connectivity index (χ4n) is 3.38. The van der Waals surface area contributed by atoms with Gasteiger partial charge >= 0.3 is 0 Å². The normalized spacial score (nSPS) is 16.7. The standard InChI is InChI=1S/C22H24ClN5O3S/c1-14(21(29)25-19-10-7-16(23)12-24-19)32-22-27-26-20(15-5-8-17(30-2)9-6-15)28(22)13-18-4-3-11-31-18/h5-10,12,14,18H,3-4,11,13H2,1-2H3,(H,24,25,29). The summed E-state index contributed by atoms with van der Waals surface area (Å²) in [7, 11) is 1.63. The Labute approximate surface area is 195 Å². The molecule has 1 aliphatic heterocycles. The van der Waals surface area contributed by atoms with Gasteiger partial charge in [0, 0.05) is 18.4 Å². The third kappa shape index (κ3) is 5.40. The molecule has 10 heteroatoms. The van der Waals surface area contributed by atoms with Crippen LogP contribution < -0.4 is 10.1 Å². The minimum atomic E-state index is -0.413. The van der Waals surface area contributed by atoms with Gasteiger partial charge in [-0.05, 0) is 56.2 Å². The predicted molar refractivity (Wildman–Crippen MR) is 124 cm³/mol.